The fourth-order valence-electron chi connectivity index (χ4n) is 1.95. The number of hydrogen-bond donors (Lipinski definition) is 0. The zero-order valence-corrected chi connectivity index (χ0v) is 13.8. The first-order valence-electron chi connectivity index (χ1n) is 6.63. The van der Waals surface area contributed by atoms with E-state index in [-0.39, 0.29) is 0 Å². The van der Waals surface area contributed by atoms with Crippen LogP contribution in [0.1, 0.15) is 12.8 Å². The summed E-state index contributed by atoms with van der Waals surface area (Å²) < 4.78 is 8.47. The van der Waals surface area contributed by atoms with Gasteiger partial charge in [0, 0.05) is 27.7 Å². The van der Waals surface area contributed by atoms with Crippen molar-refractivity contribution in [3.05, 3.63) is 31.5 Å². The molecule has 0 bridgehead atoms. The first kappa shape index (κ1) is 16.6. The highest BCUT2D eigenvalue weighted by molar-refractivity contribution is 6.71. The van der Waals surface area contributed by atoms with Crippen molar-refractivity contribution in [3.63, 3.8) is 0 Å². The molecule has 0 N–H and O–H groups in total. The lowest BCUT2D eigenvalue weighted by Crippen LogP contribution is -2.52. The first-order valence-corrected chi connectivity index (χ1v) is 9.75. The average Bonchev–Trinajstić information content (AvgIpc) is 2.42. The lowest BCUT2D eigenvalue weighted by molar-refractivity contribution is 0.399. The average molecular weight is 301 g/mol. The SMILES string of the molecule is CO[Si](C)(C)CCCCn1c(=O)n(C)c(=O)n(C)c1=O. The van der Waals surface area contributed by atoms with Gasteiger partial charge in [-0.05, 0) is 25.6 Å². The van der Waals surface area contributed by atoms with E-state index < -0.39 is 25.4 Å². The Morgan fingerprint density at radius 2 is 1.45 bits per heavy atom. The number of rotatable bonds is 6. The molecule has 8 heteroatoms. The smallest absolute Gasteiger partial charge is 0.336 e. The Balaban J connectivity index is 2.83. The van der Waals surface area contributed by atoms with Gasteiger partial charge in [-0.3, -0.25) is 0 Å². The molecule has 0 radical (unpaired) electrons. The Morgan fingerprint density at radius 3 is 1.90 bits per heavy atom. The summed E-state index contributed by atoms with van der Waals surface area (Å²) >= 11 is 0. The molecule has 0 aliphatic rings. The molecule has 0 saturated carbocycles. The fourth-order valence-corrected chi connectivity index (χ4v) is 3.25. The lowest BCUT2D eigenvalue weighted by Gasteiger charge is -2.19. The molecule has 1 aromatic rings. The molecule has 0 saturated heterocycles. The zero-order chi connectivity index (χ0) is 15.5. The molecule has 114 valence electrons. The van der Waals surface area contributed by atoms with Crippen LogP contribution >= 0.6 is 0 Å². The summed E-state index contributed by atoms with van der Waals surface area (Å²) in [7, 11) is 2.88. The number of hydrogen-bond acceptors (Lipinski definition) is 4. The van der Waals surface area contributed by atoms with Gasteiger partial charge in [0.05, 0.1) is 0 Å². The molecule has 0 unspecified atom stereocenters. The van der Waals surface area contributed by atoms with Crippen molar-refractivity contribution in [3.8, 4) is 0 Å². The highest BCUT2D eigenvalue weighted by atomic mass is 28.4. The highest BCUT2D eigenvalue weighted by Crippen LogP contribution is 2.13. The molecular weight excluding hydrogens is 278 g/mol. The van der Waals surface area contributed by atoms with E-state index in [0.717, 1.165) is 26.2 Å². The van der Waals surface area contributed by atoms with Crippen LogP contribution < -0.4 is 17.1 Å². The van der Waals surface area contributed by atoms with Crippen LogP contribution in [0.25, 0.3) is 0 Å². The third-order valence-corrected chi connectivity index (χ3v) is 6.24. The normalized spacial score (nSPS) is 11.8. The first-order chi connectivity index (χ1) is 9.21. The van der Waals surface area contributed by atoms with Crippen LogP contribution in [0.3, 0.4) is 0 Å². The van der Waals surface area contributed by atoms with E-state index in [1.165, 1.54) is 14.1 Å². The summed E-state index contributed by atoms with van der Waals surface area (Å²) in [5.41, 5.74) is -1.70. The summed E-state index contributed by atoms with van der Waals surface area (Å²) in [5, 5.41) is 0. The van der Waals surface area contributed by atoms with Gasteiger partial charge in [0.15, 0.2) is 8.32 Å². The van der Waals surface area contributed by atoms with Gasteiger partial charge in [-0.2, -0.15) is 0 Å². The Morgan fingerprint density at radius 1 is 0.950 bits per heavy atom. The van der Waals surface area contributed by atoms with Crippen molar-refractivity contribution in [2.75, 3.05) is 7.11 Å². The molecule has 20 heavy (non-hydrogen) atoms. The molecule has 0 atom stereocenters. The van der Waals surface area contributed by atoms with E-state index in [0.29, 0.717) is 13.0 Å². The minimum atomic E-state index is -1.60. The predicted molar refractivity (Wildman–Crippen MR) is 79.7 cm³/mol. The fraction of sp³-hybridized carbons (Fsp3) is 0.750. The summed E-state index contributed by atoms with van der Waals surface area (Å²) in [6, 6.07) is 0.977. The van der Waals surface area contributed by atoms with Gasteiger partial charge in [0.1, 0.15) is 0 Å². The molecule has 0 amide bonds. The van der Waals surface area contributed by atoms with Crippen molar-refractivity contribution in [2.45, 2.75) is 38.5 Å². The Bertz CT molecular complexity index is 601. The second-order valence-electron chi connectivity index (χ2n) is 5.54. The highest BCUT2D eigenvalue weighted by Gasteiger charge is 2.19. The van der Waals surface area contributed by atoms with Crippen LogP contribution in [0.5, 0.6) is 0 Å². The Hall–Kier alpha value is -1.41. The molecule has 0 spiro atoms. The molecule has 1 rings (SSSR count). The van der Waals surface area contributed by atoms with Crippen molar-refractivity contribution >= 4 is 8.32 Å². The molecule has 1 heterocycles. The maximum absolute atomic E-state index is 11.9. The number of unbranched alkanes of at least 4 members (excludes halogenated alkanes) is 1. The summed E-state index contributed by atoms with van der Waals surface area (Å²) in [6.07, 6.45) is 1.61. The molecule has 0 aliphatic heterocycles. The molecule has 1 aromatic heterocycles. The molecular formula is C12H23N3O4Si. The predicted octanol–water partition coefficient (Wildman–Crippen LogP) is -0.123. The van der Waals surface area contributed by atoms with Gasteiger partial charge in [-0.25, -0.2) is 28.1 Å². The van der Waals surface area contributed by atoms with Crippen LogP contribution in [0.2, 0.25) is 19.1 Å². The van der Waals surface area contributed by atoms with E-state index in [4.69, 9.17) is 4.43 Å². The van der Waals surface area contributed by atoms with Gasteiger partial charge in [-0.15, -0.1) is 0 Å². The van der Waals surface area contributed by atoms with E-state index >= 15 is 0 Å². The van der Waals surface area contributed by atoms with Crippen LogP contribution in [0.15, 0.2) is 14.4 Å². The van der Waals surface area contributed by atoms with Crippen LogP contribution in [-0.4, -0.2) is 29.1 Å². The largest absolute Gasteiger partial charge is 0.420 e. The van der Waals surface area contributed by atoms with Crippen LogP contribution in [0.4, 0.5) is 0 Å². The van der Waals surface area contributed by atoms with Crippen molar-refractivity contribution < 1.29 is 4.43 Å². The topological polar surface area (TPSA) is 75.2 Å². The molecule has 0 aromatic carbocycles. The number of aromatic nitrogens is 3. The van der Waals surface area contributed by atoms with E-state index in [1.54, 1.807) is 7.11 Å². The maximum atomic E-state index is 11.9. The molecule has 0 fully saturated rings. The number of nitrogens with zero attached hydrogens (tertiary/aromatic N) is 3. The Labute approximate surface area is 118 Å². The summed E-state index contributed by atoms with van der Waals surface area (Å²) in [6.45, 7) is 4.59. The third kappa shape index (κ3) is 3.57. The van der Waals surface area contributed by atoms with Crippen molar-refractivity contribution in [2.24, 2.45) is 14.1 Å². The second kappa shape index (κ2) is 6.36. The quantitative estimate of drug-likeness (QED) is 0.542. The van der Waals surface area contributed by atoms with Gasteiger partial charge in [-0.1, -0.05) is 6.42 Å². The monoisotopic (exact) mass is 301 g/mol. The minimum absolute atomic E-state index is 0.327. The van der Waals surface area contributed by atoms with Crippen LogP contribution in [0, 0.1) is 0 Å². The van der Waals surface area contributed by atoms with Gasteiger partial charge < -0.3 is 4.43 Å². The Kier molecular flexibility index (Phi) is 5.29. The van der Waals surface area contributed by atoms with E-state index in [9.17, 15) is 14.4 Å². The van der Waals surface area contributed by atoms with Gasteiger partial charge >= 0.3 is 17.1 Å². The van der Waals surface area contributed by atoms with Crippen LogP contribution in [-0.2, 0) is 25.1 Å². The molecule has 7 nitrogen and oxygen atoms in total. The van der Waals surface area contributed by atoms with Gasteiger partial charge in [0.2, 0.25) is 0 Å². The van der Waals surface area contributed by atoms with Gasteiger partial charge in [0.25, 0.3) is 0 Å². The summed E-state index contributed by atoms with van der Waals surface area (Å²) in [5.74, 6) is 0. The minimum Gasteiger partial charge on any atom is -0.420 e. The summed E-state index contributed by atoms with van der Waals surface area (Å²) in [4.78, 5) is 35.4. The van der Waals surface area contributed by atoms with E-state index in [1.807, 2.05) is 0 Å². The second-order valence-corrected chi connectivity index (χ2v) is 9.97. The standard InChI is InChI=1S/C12H23N3O4Si/c1-13-10(16)14(2)12(18)15(11(13)17)8-6-7-9-20(4,5)19-3/h6-9H2,1-5H3. The lowest BCUT2D eigenvalue weighted by atomic mass is 10.3. The van der Waals surface area contributed by atoms with Crippen molar-refractivity contribution in [1.82, 2.24) is 13.7 Å². The van der Waals surface area contributed by atoms with E-state index in [2.05, 4.69) is 13.1 Å². The third-order valence-electron chi connectivity index (χ3n) is 3.57. The zero-order valence-electron chi connectivity index (χ0n) is 12.8. The maximum Gasteiger partial charge on any atom is 0.336 e. The van der Waals surface area contributed by atoms with Crippen molar-refractivity contribution in [1.29, 1.82) is 0 Å². The molecule has 0 aliphatic carbocycles.